The minimum atomic E-state index is -0.299. The maximum atomic E-state index is 12.5. The largest absolute Gasteiger partial charge is 0.340 e. The topological polar surface area (TPSA) is 55.2 Å². The van der Waals surface area contributed by atoms with Crippen LogP contribution < -0.4 is 5.56 Å². The Morgan fingerprint density at radius 2 is 1.73 bits per heavy atom. The molecule has 0 atom stereocenters. The van der Waals surface area contributed by atoms with Crippen LogP contribution in [-0.4, -0.2) is 27.6 Å². The first-order chi connectivity index (χ1) is 12.5. The van der Waals surface area contributed by atoms with E-state index in [0.29, 0.717) is 12.2 Å². The number of amides is 1. The first-order valence-electron chi connectivity index (χ1n) is 8.15. The van der Waals surface area contributed by atoms with Gasteiger partial charge in [0.25, 0.3) is 5.56 Å². The summed E-state index contributed by atoms with van der Waals surface area (Å²) >= 11 is 3.39. The van der Waals surface area contributed by atoms with Crippen molar-refractivity contribution in [2.24, 2.45) is 0 Å². The summed E-state index contributed by atoms with van der Waals surface area (Å²) in [5, 5.41) is 4.34. The molecule has 3 aromatic rings. The molecule has 0 aliphatic heterocycles. The number of carbonyl (C=O) groups is 1. The number of halogens is 1. The summed E-state index contributed by atoms with van der Waals surface area (Å²) < 4.78 is 2.17. The Morgan fingerprint density at radius 3 is 2.42 bits per heavy atom. The van der Waals surface area contributed by atoms with Crippen LogP contribution in [0.3, 0.4) is 0 Å². The summed E-state index contributed by atoms with van der Waals surface area (Å²) in [6.07, 6.45) is 0. The van der Waals surface area contributed by atoms with E-state index in [9.17, 15) is 9.59 Å². The molecule has 0 N–H and O–H groups in total. The molecule has 26 heavy (non-hydrogen) atoms. The van der Waals surface area contributed by atoms with Crippen LogP contribution in [-0.2, 0) is 17.9 Å². The van der Waals surface area contributed by atoms with E-state index in [1.807, 2.05) is 54.6 Å². The highest BCUT2D eigenvalue weighted by Gasteiger charge is 2.12. The van der Waals surface area contributed by atoms with Gasteiger partial charge in [-0.3, -0.25) is 9.59 Å². The summed E-state index contributed by atoms with van der Waals surface area (Å²) in [6.45, 7) is 0.396. The highest BCUT2D eigenvalue weighted by atomic mass is 79.9. The van der Waals surface area contributed by atoms with Crippen LogP contribution in [0.5, 0.6) is 0 Å². The molecule has 0 spiro atoms. The van der Waals surface area contributed by atoms with Crippen LogP contribution in [0.2, 0.25) is 0 Å². The lowest BCUT2D eigenvalue weighted by Crippen LogP contribution is -2.34. The Bertz CT molecular complexity index is 953. The molecule has 3 rings (SSSR count). The number of hydrogen-bond acceptors (Lipinski definition) is 3. The van der Waals surface area contributed by atoms with Gasteiger partial charge in [0.15, 0.2) is 0 Å². The normalized spacial score (nSPS) is 10.5. The minimum absolute atomic E-state index is 0.0907. The predicted molar refractivity (Wildman–Crippen MR) is 105 cm³/mol. The maximum Gasteiger partial charge on any atom is 0.267 e. The fourth-order valence-electron chi connectivity index (χ4n) is 2.53. The van der Waals surface area contributed by atoms with Gasteiger partial charge in [-0.25, -0.2) is 4.68 Å². The first-order valence-corrected chi connectivity index (χ1v) is 8.94. The van der Waals surface area contributed by atoms with Crippen LogP contribution in [0.15, 0.2) is 76.0 Å². The number of likely N-dealkylation sites (N-methyl/N-ethyl adjacent to an activating group) is 1. The number of hydrogen-bond donors (Lipinski definition) is 0. The van der Waals surface area contributed by atoms with Gasteiger partial charge < -0.3 is 4.90 Å². The fraction of sp³-hybridized carbons (Fsp3) is 0.150. The number of aromatic nitrogens is 2. The molecule has 0 aliphatic carbocycles. The number of nitrogens with zero attached hydrogens (tertiary/aromatic N) is 3. The molecule has 0 unspecified atom stereocenters. The number of rotatable bonds is 5. The van der Waals surface area contributed by atoms with E-state index in [0.717, 1.165) is 15.6 Å². The van der Waals surface area contributed by atoms with Gasteiger partial charge in [-0.2, -0.15) is 5.10 Å². The second-order valence-electron chi connectivity index (χ2n) is 5.96. The third-order valence-corrected chi connectivity index (χ3v) is 4.51. The quantitative estimate of drug-likeness (QED) is 0.646. The van der Waals surface area contributed by atoms with E-state index in [1.54, 1.807) is 18.0 Å². The minimum Gasteiger partial charge on any atom is -0.340 e. The summed E-state index contributed by atoms with van der Waals surface area (Å²) in [6, 6.07) is 20.5. The molecule has 1 heterocycles. The number of carbonyl (C=O) groups excluding carboxylic acids is 1. The van der Waals surface area contributed by atoms with Crippen LogP contribution >= 0.6 is 15.9 Å². The van der Waals surface area contributed by atoms with E-state index < -0.39 is 0 Å². The van der Waals surface area contributed by atoms with E-state index in [4.69, 9.17) is 0 Å². The molecule has 0 saturated heterocycles. The average molecular weight is 412 g/mol. The monoisotopic (exact) mass is 411 g/mol. The van der Waals surface area contributed by atoms with Gasteiger partial charge in [-0.1, -0.05) is 58.4 Å². The summed E-state index contributed by atoms with van der Waals surface area (Å²) in [5.74, 6) is -0.170. The van der Waals surface area contributed by atoms with Crippen molar-refractivity contribution in [1.82, 2.24) is 14.7 Å². The zero-order valence-electron chi connectivity index (χ0n) is 14.3. The first kappa shape index (κ1) is 18.1. The molecule has 132 valence electrons. The van der Waals surface area contributed by atoms with Gasteiger partial charge in [-0.05, 0) is 23.8 Å². The molecule has 0 bridgehead atoms. The van der Waals surface area contributed by atoms with Crippen molar-refractivity contribution >= 4 is 21.8 Å². The molecule has 0 fully saturated rings. The summed E-state index contributed by atoms with van der Waals surface area (Å²) in [7, 11) is 1.72. The van der Waals surface area contributed by atoms with E-state index in [2.05, 4.69) is 21.0 Å². The molecule has 0 saturated carbocycles. The van der Waals surface area contributed by atoms with Crippen molar-refractivity contribution in [1.29, 1.82) is 0 Å². The zero-order valence-corrected chi connectivity index (χ0v) is 15.9. The van der Waals surface area contributed by atoms with Gasteiger partial charge in [0, 0.05) is 29.7 Å². The smallest absolute Gasteiger partial charge is 0.267 e. The Kier molecular flexibility index (Phi) is 5.63. The molecule has 1 aromatic heterocycles. The van der Waals surface area contributed by atoms with Crippen molar-refractivity contribution in [3.63, 3.8) is 0 Å². The van der Waals surface area contributed by atoms with Gasteiger partial charge in [0.05, 0.1) is 5.69 Å². The standard InChI is InChI=1S/C20H18BrN3O2/c1-23(13-15-5-3-2-4-6-15)20(26)14-24-19(25)12-11-18(22-24)16-7-9-17(21)10-8-16/h2-12H,13-14H2,1H3. The van der Waals surface area contributed by atoms with E-state index in [1.165, 1.54) is 10.7 Å². The third-order valence-electron chi connectivity index (χ3n) is 3.98. The van der Waals surface area contributed by atoms with Crippen LogP contribution in [0.4, 0.5) is 0 Å². The SMILES string of the molecule is CN(Cc1ccccc1)C(=O)Cn1nc(-c2ccc(Br)cc2)ccc1=O. The van der Waals surface area contributed by atoms with Crippen molar-refractivity contribution in [3.05, 3.63) is 87.1 Å². The number of benzene rings is 2. The lowest BCUT2D eigenvalue weighted by Gasteiger charge is -2.17. The molecule has 6 heteroatoms. The van der Waals surface area contributed by atoms with Crippen molar-refractivity contribution < 1.29 is 4.79 Å². The fourth-order valence-corrected chi connectivity index (χ4v) is 2.80. The second-order valence-corrected chi connectivity index (χ2v) is 6.87. The summed E-state index contributed by atoms with van der Waals surface area (Å²) in [5.41, 5.74) is 2.27. The van der Waals surface area contributed by atoms with Gasteiger partial charge in [-0.15, -0.1) is 0 Å². The van der Waals surface area contributed by atoms with Crippen LogP contribution in [0.25, 0.3) is 11.3 Å². The van der Waals surface area contributed by atoms with E-state index in [-0.39, 0.29) is 18.0 Å². The Morgan fingerprint density at radius 1 is 1.04 bits per heavy atom. The molecule has 5 nitrogen and oxygen atoms in total. The Labute approximate surface area is 160 Å². The molecule has 0 radical (unpaired) electrons. The van der Waals surface area contributed by atoms with Gasteiger partial charge in [0.2, 0.25) is 5.91 Å². The lowest BCUT2D eigenvalue weighted by atomic mass is 10.1. The van der Waals surface area contributed by atoms with Crippen molar-refractivity contribution in [3.8, 4) is 11.3 Å². The van der Waals surface area contributed by atoms with Gasteiger partial charge >= 0.3 is 0 Å². The van der Waals surface area contributed by atoms with Gasteiger partial charge in [0.1, 0.15) is 6.54 Å². The molecular weight excluding hydrogens is 394 g/mol. The summed E-state index contributed by atoms with van der Waals surface area (Å²) in [4.78, 5) is 26.2. The molecule has 2 aromatic carbocycles. The average Bonchev–Trinajstić information content (AvgIpc) is 2.65. The van der Waals surface area contributed by atoms with Crippen molar-refractivity contribution in [2.75, 3.05) is 7.05 Å². The zero-order chi connectivity index (χ0) is 18.5. The third kappa shape index (κ3) is 4.46. The molecular formula is C20H18BrN3O2. The predicted octanol–water partition coefficient (Wildman–Crippen LogP) is 3.33. The maximum absolute atomic E-state index is 12.5. The van der Waals surface area contributed by atoms with E-state index >= 15 is 0 Å². The Balaban J connectivity index is 1.76. The highest BCUT2D eigenvalue weighted by Crippen LogP contribution is 2.18. The van der Waals surface area contributed by atoms with Crippen LogP contribution in [0.1, 0.15) is 5.56 Å². The molecule has 1 amide bonds. The highest BCUT2D eigenvalue weighted by molar-refractivity contribution is 9.10. The Hall–Kier alpha value is -2.73. The molecule has 0 aliphatic rings. The van der Waals surface area contributed by atoms with Crippen LogP contribution in [0, 0.1) is 0 Å². The lowest BCUT2D eigenvalue weighted by molar-refractivity contribution is -0.131. The second kappa shape index (κ2) is 8.10. The van der Waals surface area contributed by atoms with Crippen molar-refractivity contribution in [2.45, 2.75) is 13.1 Å².